The smallest absolute Gasteiger partial charge is 0.308 e. The summed E-state index contributed by atoms with van der Waals surface area (Å²) in [7, 11) is 0. The second-order valence-electron chi connectivity index (χ2n) is 2.20. The Kier molecular flexibility index (Phi) is 2.52. The molecule has 1 heterocycles. The molecular weight excluding hydrogens is 184 g/mol. The van der Waals surface area contributed by atoms with Crippen molar-refractivity contribution in [2.45, 2.75) is 13.3 Å². The maximum absolute atomic E-state index is 10.3. The fraction of sp³-hybridized carbons (Fsp3) is 0.286. The number of carbonyl (C=O) groups is 1. The molecule has 1 aromatic heterocycles. The average Bonchev–Trinajstić information content (AvgIpc) is 2.09. The van der Waals surface area contributed by atoms with Crippen molar-refractivity contribution in [3.05, 3.63) is 20.8 Å². The van der Waals surface area contributed by atoms with Gasteiger partial charge in [0.15, 0.2) is 0 Å². The van der Waals surface area contributed by atoms with Gasteiger partial charge in [-0.3, -0.25) is 4.79 Å². The van der Waals surface area contributed by atoms with E-state index in [-0.39, 0.29) is 6.42 Å². The Morgan fingerprint density at radius 2 is 2.45 bits per heavy atom. The van der Waals surface area contributed by atoms with E-state index in [0.717, 1.165) is 9.75 Å². The maximum Gasteiger partial charge on any atom is 0.308 e. The van der Waals surface area contributed by atoms with Crippen LogP contribution in [0.25, 0.3) is 0 Å². The Balaban J connectivity index is 2.85. The van der Waals surface area contributed by atoms with Crippen LogP contribution in [0.5, 0.6) is 0 Å². The number of rotatable bonds is 2. The first kappa shape index (κ1) is 8.56. The standard InChI is InChI=1S/C7H7ClO2S/c1-4-2-5(8)6(11-4)3-7(9)10/h2H,3H2,1H3,(H,9,10). The van der Waals surface area contributed by atoms with E-state index in [1.807, 2.05) is 6.92 Å². The molecule has 60 valence electrons. The fourth-order valence-electron chi connectivity index (χ4n) is 0.789. The molecule has 1 aromatic rings. The number of thiophene rings is 1. The minimum Gasteiger partial charge on any atom is -0.481 e. The molecule has 0 atom stereocenters. The predicted molar refractivity (Wildman–Crippen MR) is 45.4 cm³/mol. The summed E-state index contributed by atoms with van der Waals surface area (Å²) in [5.74, 6) is -0.839. The lowest BCUT2D eigenvalue weighted by Crippen LogP contribution is -1.97. The van der Waals surface area contributed by atoms with E-state index >= 15 is 0 Å². The van der Waals surface area contributed by atoms with Crippen LogP contribution in [0.3, 0.4) is 0 Å². The molecule has 11 heavy (non-hydrogen) atoms. The van der Waals surface area contributed by atoms with Crippen LogP contribution in [0.1, 0.15) is 9.75 Å². The van der Waals surface area contributed by atoms with Gasteiger partial charge in [-0.1, -0.05) is 11.6 Å². The van der Waals surface area contributed by atoms with Gasteiger partial charge in [0.2, 0.25) is 0 Å². The van der Waals surface area contributed by atoms with Crippen LogP contribution >= 0.6 is 22.9 Å². The van der Waals surface area contributed by atoms with Crippen molar-refractivity contribution >= 4 is 28.9 Å². The molecule has 0 bridgehead atoms. The van der Waals surface area contributed by atoms with E-state index in [9.17, 15) is 4.79 Å². The molecule has 0 aliphatic rings. The highest BCUT2D eigenvalue weighted by Gasteiger charge is 2.07. The summed E-state index contributed by atoms with van der Waals surface area (Å²) >= 11 is 7.17. The zero-order chi connectivity index (χ0) is 8.43. The van der Waals surface area contributed by atoms with Crippen LogP contribution in [0.4, 0.5) is 0 Å². The molecular formula is C7H7ClO2S. The third kappa shape index (κ3) is 2.20. The van der Waals surface area contributed by atoms with Gasteiger partial charge in [-0.25, -0.2) is 0 Å². The van der Waals surface area contributed by atoms with Crippen molar-refractivity contribution in [2.24, 2.45) is 0 Å². The Bertz CT molecular complexity index is 280. The first-order valence-electron chi connectivity index (χ1n) is 3.06. The third-order valence-electron chi connectivity index (χ3n) is 1.19. The fourth-order valence-corrected chi connectivity index (χ4v) is 2.12. The monoisotopic (exact) mass is 190 g/mol. The summed E-state index contributed by atoms with van der Waals surface area (Å²) in [5, 5.41) is 9.01. The highest BCUT2D eigenvalue weighted by Crippen LogP contribution is 2.26. The van der Waals surface area contributed by atoms with E-state index in [2.05, 4.69) is 0 Å². The number of halogens is 1. The first-order chi connectivity index (χ1) is 5.09. The van der Waals surface area contributed by atoms with E-state index in [1.54, 1.807) is 6.07 Å². The first-order valence-corrected chi connectivity index (χ1v) is 4.25. The number of hydrogen-bond acceptors (Lipinski definition) is 2. The Morgan fingerprint density at radius 3 is 2.82 bits per heavy atom. The molecule has 2 nitrogen and oxygen atoms in total. The van der Waals surface area contributed by atoms with E-state index in [4.69, 9.17) is 16.7 Å². The minimum absolute atomic E-state index is 0.0251. The van der Waals surface area contributed by atoms with Crippen molar-refractivity contribution in [2.75, 3.05) is 0 Å². The molecule has 0 unspecified atom stereocenters. The number of aryl methyl sites for hydroxylation is 1. The van der Waals surface area contributed by atoms with Crippen molar-refractivity contribution < 1.29 is 9.90 Å². The minimum atomic E-state index is -0.839. The third-order valence-corrected chi connectivity index (χ3v) is 2.69. The maximum atomic E-state index is 10.3. The zero-order valence-electron chi connectivity index (χ0n) is 5.93. The number of aliphatic carboxylic acids is 1. The Labute approximate surface area is 73.4 Å². The second-order valence-corrected chi connectivity index (χ2v) is 3.95. The molecule has 0 aliphatic carbocycles. The molecule has 0 aliphatic heterocycles. The summed E-state index contributed by atoms with van der Waals surface area (Å²) in [6.07, 6.45) is 0.0251. The molecule has 1 rings (SSSR count). The number of carboxylic acid groups (broad SMARTS) is 1. The van der Waals surface area contributed by atoms with Gasteiger partial charge in [0.25, 0.3) is 0 Å². The van der Waals surface area contributed by atoms with Crippen LogP contribution < -0.4 is 0 Å². The van der Waals surface area contributed by atoms with Gasteiger partial charge in [0.05, 0.1) is 11.4 Å². The molecule has 0 amide bonds. The average molecular weight is 191 g/mol. The van der Waals surface area contributed by atoms with E-state index in [0.29, 0.717) is 5.02 Å². The molecule has 0 aromatic carbocycles. The second kappa shape index (κ2) is 3.24. The van der Waals surface area contributed by atoms with Gasteiger partial charge in [0, 0.05) is 9.75 Å². The van der Waals surface area contributed by atoms with Crippen LogP contribution in [0, 0.1) is 6.92 Å². The quantitative estimate of drug-likeness (QED) is 0.778. The highest BCUT2D eigenvalue weighted by molar-refractivity contribution is 7.12. The summed E-state index contributed by atoms with van der Waals surface area (Å²) in [5.41, 5.74) is 0. The summed E-state index contributed by atoms with van der Waals surface area (Å²) < 4.78 is 0. The van der Waals surface area contributed by atoms with Gasteiger partial charge in [0.1, 0.15) is 0 Å². The van der Waals surface area contributed by atoms with Crippen LogP contribution in [-0.4, -0.2) is 11.1 Å². The van der Waals surface area contributed by atoms with Crippen LogP contribution in [0.15, 0.2) is 6.07 Å². The topological polar surface area (TPSA) is 37.3 Å². The number of carboxylic acids is 1. The largest absolute Gasteiger partial charge is 0.481 e. The molecule has 1 N–H and O–H groups in total. The summed E-state index contributed by atoms with van der Waals surface area (Å²) in [6, 6.07) is 1.78. The summed E-state index contributed by atoms with van der Waals surface area (Å²) in [4.78, 5) is 12.1. The molecule has 0 saturated carbocycles. The lowest BCUT2D eigenvalue weighted by atomic mass is 10.3. The van der Waals surface area contributed by atoms with Crippen molar-refractivity contribution in [1.82, 2.24) is 0 Å². The van der Waals surface area contributed by atoms with Gasteiger partial charge < -0.3 is 5.11 Å². The van der Waals surface area contributed by atoms with Gasteiger partial charge in [-0.05, 0) is 13.0 Å². The molecule has 4 heteroatoms. The zero-order valence-corrected chi connectivity index (χ0v) is 7.50. The predicted octanol–water partition coefficient (Wildman–Crippen LogP) is 2.34. The van der Waals surface area contributed by atoms with Crippen LogP contribution in [0.2, 0.25) is 5.02 Å². The highest BCUT2D eigenvalue weighted by atomic mass is 35.5. The van der Waals surface area contributed by atoms with Crippen molar-refractivity contribution in [1.29, 1.82) is 0 Å². The normalized spacial score (nSPS) is 10.0. The lowest BCUT2D eigenvalue weighted by molar-refractivity contribution is -0.136. The van der Waals surface area contributed by atoms with E-state index < -0.39 is 5.97 Å². The molecule has 0 fully saturated rings. The lowest BCUT2D eigenvalue weighted by Gasteiger charge is -1.89. The van der Waals surface area contributed by atoms with E-state index in [1.165, 1.54) is 11.3 Å². The number of hydrogen-bond donors (Lipinski definition) is 1. The Morgan fingerprint density at radius 1 is 1.82 bits per heavy atom. The molecule has 0 saturated heterocycles. The van der Waals surface area contributed by atoms with Crippen LogP contribution in [-0.2, 0) is 11.2 Å². The van der Waals surface area contributed by atoms with Crippen molar-refractivity contribution in [3.8, 4) is 0 Å². The molecule has 0 spiro atoms. The van der Waals surface area contributed by atoms with Gasteiger partial charge in [-0.2, -0.15) is 0 Å². The summed E-state index contributed by atoms with van der Waals surface area (Å²) in [6.45, 7) is 1.90. The Hall–Kier alpha value is -0.540. The van der Waals surface area contributed by atoms with Gasteiger partial charge in [-0.15, -0.1) is 11.3 Å². The molecule has 0 radical (unpaired) electrons. The SMILES string of the molecule is Cc1cc(Cl)c(CC(=O)O)s1. The van der Waals surface area contributed by atoms with Gasteiger partial charge >= 0.3 is 5.97 Å². The van der Waals surface area contributed by atoms with Crippen molar-refractivity contribution in [3.63, 3.8) is 0 Å².